The number of benzene rings is 1. The second-order valence-corrected chi connectivity index (χ2v) is 4.23. The van der Waals surface area contributed by atoms with Crippen molar-refractivity contribution in [3.05, 3.63) is 58.5 Å². The van der Waals surface area contributed by atoms with Gasteiger partial charge in [-0.25, -0.2) is 0 Å². The van der Waals surface area contributed by atoms with Crippen LogP contribution in [-0.4, -0.2) is 18.3 Å². The topological polar surface area (TPSA) is 66.5 Å². The van der Waals surface area contributed by atoms with E-state index >= 15 is 0 Å². The molecule has 106 valence electrons. The fourth-order valence-electron chi connectivity index (χ4n) is 1.94. The lowest BCUT2D eigenvalue weighted by atomic mass is 10.2. The standard InChI is InChI=1S/C15H18N2O3/c1-19-13-6-4-5-12(11-16)15(13)20-10-9-17-8-3-2-7-14(17)18/h2-8H,9-11,16H2,1H3. The number of pyridine rings is 1. The summed E-state index contributed by atoms with van der Waals surface area (Å²) in [6.07, 6.45) is 1.73. The molecule has 0 radical (unpaired) electrons. The average Bonchev–Trinajstić information content (AvgIpc) is 2.49. The zero-order chi connectivity index (χ0) is 14.4. The van der Waals surface area contributed by atoms with Gasteiger partial charge in [0.1, 0.15) is 6.61 Å². The number of nitrogens with two attached hydrogens (primary N) is 1. The van der Waals surface area contributed by atoms with E-state index in [2.05, 4.69) is 0 Å². The highest BCUT2D eigenvalue weighted by Gasteiger charge is 2.09. The van der Waals surface area contributed by atoms with Crippen molar-refractivity contribution in [3.8, 4) is 11.5 Å². The summed E-state index contributed by atoms with van der Waals surface area (Å²) in [6.45, 7) is 1.22. The molecule has 2 rings (SSSR count). The molecule has 0 saturated carbocycles. The highest BCUT2D eigenvalue weighted by Crippen LogP contribution is 2.30. The smallest absolute Gasteiger partial charge is 0.250 e. The van der Waals surface area contributed by atoms with Crippen molar-refractivity contribution in [1.29, 1.82) is 0 Å². The Balaban J connectivity index is 2.08. The van der Waals surface area contributed by atoms with Gasteiger partial charge >= 0.3 is 0 Å². The third kappa shape index (κ3) is 3.19. The Kier molecular flexibility index (Phi) is 4.79. The molecular formula is C15H18N2O3. The molecule has 0 atom stereocenters. The van der Waals surface area contributed by atoms with Crippen LogP contribution >= 0.6 is 0 Å². The Hall–Kier alpha value is -2.27. The van der Waals surface area contributed by atoms with Gasteiger partial charge in [0.25, 0.3) is 5.56 Å². The SMILES string of the molecule is COc1cccc(CN)c1OCCn1ccccc1=O. The number of hydrogen-bond donors (Lipinski definition) is 1. The number of hydrogen-bond acceptors (Lipinski definition) is 4. The zero-order valence-corrected chi connectivity index (χ0v) is 11.4. The van der Waals surface area contributed by atoms with E-state index in [0.717, 1.165) is 5.56 Å². The van der Waals surface area contributed by atoms with Crippen molar-refractivity contribution in [2.45, 2.75) is 13.1 Å². The molecule has 20 heavy (non-hydrogen) atoms. The molecule has 0 aliphatic rings. The predicted molar refractivity (Wildman–Crippen MR) is 77.1 cm³/mol. The van der Waals surface area contributed by atoms with Gasteiger partial charge in [-0.05, 0) is 12.1 Å². The molecule has 0 saturated heterocycles. The van der Waals surface area contributed by atoms with Gasteiger partial charge in [0, 0.05) is 24.4 Å². The summed E-state index contributed by atoms with van der Waals surface area (Å²) in [6, 6.07) is 10.6. The molecule has 1 aromatic carbocycles. The van der Waals surface area contributed by atoms with Gasteiger partial charge in [0.15, 0.2) is 11.5 Å². The molecule has 1 aromatic heterocycles. The number of methoxy groups -OCH3 is 1. The molecule has 0 aliphatic heterocycles. The molecule has 5 heteroatoms. The van der Waals surface area contributed by atoms with Crippen LogP contribution in [0, 0.1) is 0 Å². The first-order chi connectivity index (χ1) is 9.76. The summed E-state index contributed by atoms with van der Waals surface area (Å²) in [5.74, 6) is 1.29. The number of rotatable bonds is 6. The Labute approximate surface area is 117 Å². The van der Waals surface area contributed by atoms with E-state index in [-0.39, 0.29) is 5.56 Å². The summed E-state index contributed by atoms with van der Waals surface area (Å²) < 4.78 is 12.6. The van der Waals surface area contributed by atoms with Crippen molar-refractivity contribution in [2.75, 3.05) is 13.7 Å². The van der Waals surface area contributed by atoms with E-state index in [1.54, 1.807) is 23.9 Å². The first kappa shape index (κ1) is 14.1. The van der Waals surface area contributed by atoms with Crippen molar-refractivity contribution in [3.63, 3.8) is 0 Å². The van der Waals surface area contributed by atoms with Crippen LogP contribution in [0.5, 0.6) is 11.5 Å². The van der Waals surface area contributed by atoms with Crippen molar-refractivity contribution < 1.29 is 9.47 Å². The minimum atomic E-state index is -0.0461. The third-order valence-electron chi connectivity index (χ3n) is 2.98. The van der Waals surface area contributed by atoms with Gasteiger partial charge < -0.3 is 19.8 Å². The second-order valence-electron chi connectivity index (χ2n) is 4.23. The number of para-hydroxylation sites is 1. The fourth-order valence-corrected chi connectivity index (χ4v) is 1.94. The van der Waals surface area contributed by atoms with Crippen molar-refractivity contribution in [2.24, 2.45) is 5.73 Å². The quantitative estimate of drug-likeness (QED) is 0.864. The van der Waals surface area contributed by atoms with Gasteiger partial charge in [-0.15, -0.1) is 0 Å². The van der Waals surface area contributed by atoms with Gasteiger partial charge in [-0.2, -0.15) is 0 Å². The monoisotopic (exact) mass is 274 g/mol. The molecule has 0 aliphatic carbocycles. The summed E-state index contributed by atoms with van der Waals surface area (Å²) in [4.78, 5) is 11.6. The predicted octanol–water partition coefficient (Wildman–Crippen LogP) is 1.39. The van der Waals surface area contributed by atoms with Crippen LogP contribution < -0.4 is 20.8 Å². The maximum Gasteiger partial charge on any atom is 0.250 e. The zero-order valence-electron chi connectivity index (χ0n) is 11.4. The second kappa shape index (κ2) is 6.77. The molecule has 5 nitrogen and oxygen atoms in total. The molecule has 0 fully saturated rings. The van der Waals surface area contributed by atoms with Crippen LogP contribution in [0.2, 0.25) is 0 Å². The maximum absolute atomic E-state index is 11.6. The Morgan fingerprint density at radius 3 is 2.75 bits per heavy atom. The van der Waals surface area contributed by atoms with Crippen LogP contribution in [0.1, 0.15) is 5.56 Å². The molecule has 2 aromatic rings. The van der Waals surface area contributed by atoms with E-state index in [0.29, 0.717) is 31.2 Å². The lowest BCUT2D eigenvalue weighted by Crippen LogP contribution is -2.21. The van der Waals surface area contributed by atoms with E-state index in [4.69, 9.17) is 15.2 Å². The van der Waals surface area contributed by atoms with E-state index in [1.165, 1.54) is 6.07 Å². The van der Waals surface area contributed by atoms with Gasteiger partial charge in [0.2, 0.25) is 0 Å². The molecule has 0 bridgehead atoms. The summed E-state index contributed by atoms with van der Waals surface area (Å²) in [5, 5.41) is 0. The molecular weight excluding hydrogens is 256 g/mol. The lowest BCUT2D eigenvalue weighted by Gasteiger charge is -2.14. The molecule has 0 amide bonds. The third-order valence-corrected chi connectivity index (χ3v) is 2.98. The van der Waals surface area contributed by atoms with E-state index in [9.17, 15) is 4.79 Å². The highest BCUT2D eigenvalue weighted by molar-refractivity contribution is 5.46. The minimum Gasteiger partial charge on any atom is -0.493 e. The van der Waals surface area contributed by atoms with Crippen molar-refractivity contribution >= 4 is 0 Å². The maximum atomic E-state index is 11.6. The van der Waals surface area contributed by atoms with Crippen molar-refractivity contribution in [1.82, 2.24) is 4.57 Å². The Morgan fingerprint density at radius 1 is 1.20 bits per heavy atom. The number of nitrogens with zero attached hydrogens (tertiary/aromatic N) is 1. The summed E-state index contributed by atoms with van der Waals surface area (Å²) in [5.41, 5.74) is 6.52. The normalized spacial score (nSPS) is 10.3. The molecule has 1 heterocycles. The Morgan fingerprint density at radius 2 is 2.05 bits per heavy atom. The average molecular weight is 274 g/mol. The van der Waals surface area contributed by atoms with Gasteiger partial charge in [-0.1, -0.05) is 18.2 Å². The highest BCUT2D eigenvalue weighted by atomic mass is 16.5. The summed E-state index contributed by atoms with van der Waals surface area (Å²) >= 11 is 0. The first-order valence-electron chi connectivity index (χ1n) is 6.40. The molecule has 0 spiro atoms. The van der Waals surface area contributed by atoms with Crippen LogP contribution in [0.15, 0.2) is 47.4 Å². The van der Waals surface area contributed by atoms with E-state index < -0.39 is 0 Å². The van der Waals surface area contributed by atoms with Crippen LogP contribution in [0.4, 0.5) is 0 Å². The van der Waals surface area contributed by atoms with E-state index in [1.807, 2.05) is 24.3 Å². The number of ether oxygens (including phenoxy) is 2. The Bertz CT molecular complexity index is 600. The van der Waals surface area contributed by atoms with Gasteiger partial charge in [-0.3, -0.25) is 4.79 Å². The largest absolute Gasteiger partial charge is 0.493 e. The van der Waals surface area contributed by atoms with Gasteiger partial charge in [0.05, 0.1) is 13.7 Å². The van der Waals surface area contributed by atoms with Crippen LogP contribution in [-0.2, 0) is 13.1 Å². The number of aromatic nitrogens is 1. The first-order valence-corrected chi connectivity index (χ1v) is 6.40. The van der Waals surface area contributed by atoms with Crippen LogP contribution in [0.3, 0.4) is 0 Å². The molecule has 0 unspecified atom stereocenters. The minimum absolute atomic E-state index is 0.0461. The fraction of sp³-hybridized carbons (Fsp3) is 0.267. The molecule has 2 N–H and O–H groups in total. The van der Waals surface area contributed by atoms with Crippen LogP contribution in [0.25, 0.3) is 0 Å². The summed E-state index contributed by atoms with van der Waals surface area (Å²) in [7, 11) is 1.59. The lowest BCUT2D eigenvalue weighted by molar-refractivity contribution is 0.275.